The molecule has 0 amide bonds. The van der Waals surface area contributed by atoms with Crippen molar-refractivity contribution in [3.63, 3.8) is 0 Å². The summed E-state index contributed by atoms with van der Waals surface area (Å²) in [6, 6.07) is 0. The number of ether oxygens (including phenoxy) is 2. The summed E-state index contributed by atoms with van der Waals surface area (Å²) < 4.78 is 9.45. The number of thiol groups is 5. The Morgan fingerprint density at radius 1 is 0.605 bits per heavy atom. The van der Waals surface area contributed by atoms with Crippen molar-refractivity contribution in [3.05, 3.63) is 0 Å². The van der Waals surface area contributed by atoms with Gasteiger partial charge in [0.1, 0.15) is 13.2 Å². The van der Waals surface area contributed by atoms with Gasteiger partial charge in [0.2, 0.25) is 0 Å². The normalized spacial score (nSPS) is 9.29. The molecule has 0 spiro atoms. The molecule has 13 nitrogen and oxygen atoms in total. The van der Waals surface area contributed by atoms with E-state index in [0.717, 1.165) is 0 Å². The number of carboxylic acid groups (broad SMARTS) is 3. The van der Waals surface area contributed by atoms with E-state index in [0.29, 0.717) is 17.9 Å². The number of hydrogen-bond acceptors (Lipinski definition) is 15. The molecule has 6 N–H and O–H groups in total. The Kier molecular flexibility index (Phi) is 44.3. The van der Waals surface area contributed by atoms with Crippen molar-refractivity contribution in [1.82, 2.24) is 0 Å². The molecule has 0 aliphatic carbocycles. The van der Waals surface area contributed by atoms with Crippen LogP contribution in [0.25, 0.3) is 0 Å². The Hall–Kier alpha value is -1.02. The molecular weight excluding hydrogens is 609 g/mol. The van der Waals surface area contributed by atoms with E-state index < -0.39 is 23.3 Å². The molecule has 0 saturated carbocycles. The largest absolute Gasteiger partial charge is 0.481 e. The Morgan fingerprint density at radius 3 is 0.947 bits per heavy atom. The minimum Gasteiger partial charge on any atom is -0.481 e. The Balaban J connectivity index is -0.000000130. The van der Waals surface area contributed by atoms with Crippen LogP contribution in [0.3, 0.4) is 0 Å². The van der Waals surface area contributed by atoms with Gasteiger partial charge in [0, 0.05) is 16.9 Å². The molecular formula is C20H40O13S5. The number of esters is 2. The molecule has 18 heteroatoms. The highest BCUT2D eigenvalue weighted by atomic mass is 32.1. The summed E-state index contributed by atoms with van der Waals surface area (Å²) in [7, 11) is 0. The van der Waals surface area contributed by atoms with E-state index in [9.17, 15) is 24.0 Å². The van der Waals surface area contributed by atoms with Crippen LogP contribution in [0.5, 0.6) is 0 Å². The highest BCUT2D eigenvalue weighted by Gasteiger charge is 2.24. The standard InChI is InChI=1S/C8H14O4S2.C6H14O3.3C2H4O2S/c9-7(1-5-13)11-3-4-12-8(10)2-6-14;1-2-6(3-7,4-8)5-9;3*3-2(4)1-5/h13-14H,1-6H2;7-9H,2-5H2,1H3;3*5H,1H2,(H,3,4). The summed E-state index contributed by atoms with van der Waals surface area (Å²) >= 11 is 18.0. The molecule has 0 aromatic rings. The Bertz CT molecular complexity index is 535. The second kappa shape index (κ2) is 36.0. The van der Waals surface area contributed by atoms with Crippen molar-refractivity contribution in [2.45, 2.75) is 26.2 Å². The first-order valence-corrected chi connectivity index (χ1v) is 13.8. The highest BCUT2D eigenvalue weighted by Crippen LogP contribution is 2.18. The Morgan fingerprint density at radius 2 is 0.842 bits per heavy atom. The number of carbonyl (C=O) groups is 5. The van der Waals surface area contributed by atoms with Gasteiger partial charge in [-0.15, -0.1) is 0 Å². The van der Waals surface area contributed by atoms with Gasteiger partial charge in [-0.05, 0) is 6.42 Å². The van der Waals surface area contributed by atoms with E-state index in [1.807, 2.05) is 6.92 Å². The lowest BCUT2D eigenvalue weighted by Gasteiger charge is -2.24. The van der Waals surface area contributed by atoms with Crippen molar-refractivity contribution in [2.75, 3.05) is 61.8 Å². The van der Waals surface area contributed by atoms with Crippen LogP contribution in [0.2, 0.25) is 0 Å². The summed E-state index contributed by atoms with van der Waals surface area (Å²) in [4.78, 5) is 49.5. The van der Waals surface area contributed by atoms with Crippen LogP contribution < -0.4 is 0 Å². The van der Waals surface area contributed by atoms with Crippen LogP contribution in [0.1, 0.15) is 26.2 Å². The van der Waals surface area contributed by atoms with Gasteiger partial charge in [0.05, 0.1) is 49.9 Å². The van der Waals surface area contributed by atoms with E-state index in [4.69, 9.17) is 40.1 Å². The van der Waals surface area contributed by atoms with Crippen molar-refractivity contribution in [2.24, 2.45) is 5.41 Å². The summed E-state index contributed by atoms with van der Waals surface area (Å²) in [6.07, 6.45) is 1.14. The second-order valence-corrected chi connectivity index (χ2v) is 8.21. The number of aliphatic carboxylic acids is 3. The lowest BCUT2D eigenvalue weighted by atomic mass is 9.88. The lowest BCUT2D eigenvalue weighted by Crippen LogP contribution is -2.32. The molecule has 0 unspecified atom stereocenters. The van der Waals surface area contributed by atoms with E-state index in [1.54, 1.807) is 0 Å². The molecule has 0 aromatic carbocycles. The SMILES string of the molecule is CCC(CO)(CO)CO.O=C(CCS)OCCOC(=O)CCS.O=C(O)CS.O=C(O)CS.O=C(O)CS. The summed E-state index contributed by atoms with van der Waals surface area (Å²) in [5.74, 6) is -2.64. The fraction of sp³-hybridized carbons (Fsp3) is 0.750. The zero-order valence-electron chi connectivity index (χ0n) is 21.0. The Labute approximate surface area is 249 Å². The van der Waals surface area contributed by atoms with Gasteiger partial charge in [0.25, 0.3) is 0 Å². The van der Waals surface area contributed by atoms with E-state index in [2.05, 4.69) is 63.1 Å². The van der Waals surface area contributed by atoms with Crippen LogP contribution in [0, 0.1) is 5.41 Å². The molecule has 0 aliphatic heterocycles. The first kappa shape index (κ1) is 46.8. The maximum Gasteiger partial charge on any atom is 0.313 e. The van der Waals surface area contributed by atoms with Crippen LogP contribution in [-0.4, -0.2) is 122 Å². The van der Waals surface area contributed by atoms with Gasteiger partial charge < -0.3 is 40.1 Å². The van der Waals surface area contributed by atoms with Gasteiger partial charge in [-0.3, -0.25) is 24.0 Å². The first-order chi connectivity index (χ1) is 17.8. The average molecular weight is 649 g/mol. The molecule has 0 saturated heterocycles. The maximum atomic E-state index is 10.8. The summed E-state index contributed by atoms with van der Waals surface area (Å²) in [5.41, 5.74) is -0.667. The molecule has 0 aliphatic rings. The van der Waals surface area contributed by atoms with Gasteiger partial charge in [0.15, 0.2) is 0 Å². The minimum absolute atomic E-state index is 0.0833. The molecule has 0 aromatic heterocycles. The smallest absolute Gasteiger partial charge is 0.313 e. The predicted octanol–water partition coefficient (Wildman–Crippen LogP) is 0.0747. The van der Waals surface area contributed by atoms with Crippen molar-refractivity contribution in [1.29, 1.82) is 0 Å². The predicted molar refractivity (Wildman–Crippen MR) is 157 cm³/mol. The third kappa shape index (κ3) is 44.9. The van der Waals surface area contributed by atoms with Crippen LogP contribution in [-0.2, 0) is 33.4 Å². The van der Waals surface area contributed by atoms with Crippen LogP contribution in [0.4, 0.5) is 0 Å². The van der Waals surface area contributed by atoms with E-state index in [1.165, 1.54) is 0 Å². The summed E-state index contributed by atoms with van der Waals surface area (Å²) in [6.45, 7) is 1.56. The fourth-order valence-corrected chi connectivity index (χ4v) is 1.49. The molecule has 0 atom stereocenters. The monoisotopic (exact) mass is 648 g/mol. The van der Waals surface area contributed by atoms with Crippen LogP contribution in [0.15, 0.2) is 0 Å². The van der Waals surface area contributed by atoms with Crippen molar-refractivity contribution >= 4 is 93.0 Å². The van der Waals surface area contributed by atoms with Crippen molar-refractivity contribution < 1.29 is 64.1 Å². The number of aliphatic hydroxyl groups is 3. The molecule has 0 radical (unpaired) electrons. The van der Waals surface area contributed by atoms with E-state index >= 15 is 0 Å². The van der Waals surface area contributed by atoms with Crippen LogP contribution >= 0.6 is 63.1 Å². The number of carbonyl (C=O) groups excluding carboxylic acids is 2. The molecule has 0 bridgehead atoms. The molecule has 0 fully saturated rings. The number of aliphatic hydroxyl groups excluding tert-OH is 3. The zero-order valence-corrected chi connectivity index (χ0v) is 25.4. The third-order valence-corrected chi connectivity index (χ3v) is 4.66. The number of hydrogen-bond donors (Lipinski definition) is 11. The quantitative estimate of drug-likeness (QED) is 0.0682. The molecule has 228 valence electrons. The molecule has 38 heavy (non-hydrogen) atoms. The lowest BCUT2D eigenvalue weighted by molar-refractivity contribution is -0.151. The van der Waals surface area contributed by atoms with Gasteiger partial charge in [-0.1, -0.05) is 6.92 Å². The van der Waals surface area contributed by atoms with Gasteiger partial charge >= 0.3 is 29.8 Å². The maximum absolute atomic E-state index is 10.8. The third-order valence-electron chi connectivity index (χ3n) is 3.40. The fourth-order valence-electron chi connectivity index (χ4n) is 1.12. The average Bonchev–Trinajstić information content (AvgIpc) is 2.90. The first-order valence-electron chi connectivity index (χ1n) is 10.6. The molecule has 0 rings (SSSR count). The minimum atomic E-state index is -0.881. The van der Waals surface area contributed by atoms with Gasteiger partial charge in [-0.25, -0.2) is 0 Å². The van der Waals surface area contributed by atoms with Gasteiger partial charge in [-0.2, -0.15) is 63.1 Å². The summed E-state index contributed by atoms with van der Waals surface area (Å²) in [5, 5.41) is 48.9. The van der Waals surface area contributed by atoms with E-state index in [-0.39, 0.29) is 75.1 Å². The second-order valence-electron chi connectivity index (χ2n) is 6.37. The zero-order chi connectivity index (χ0) is 31.0. The number of carboxylic acids is 3. The van der Waals surface area contributed by atoms with Crippen molar-refractivity contribution in [3.8, 4) is 0 Å². The molecule has 0 heterocycles. The highest BCUT2D eigenvalue weighted by molar-refractivity contribution is 7.81. The number of rotatable bonds is 14. The topological polar surface area (TPSA) is 225 Å².